The Balaban J connectivity index is 0.000000446. The Bertz CT molecular complexity index is 454. The molecular weight excluding hydrogens is 406 g/mol. The summed E-state index contributed by atoms with van der Waals surface area (Å²) in [5.41, 5.74) is 6.24. The van der Waals surface area contributed by atoms with Crippen molar-refractivity contribution in [3.8, 4) is 0 Å². The molecule has 0 saturated heterocycles. The molecule has 0 bridgehead atoms. The van der Waals surface area contributed by atoms with Crippen molar-refractivity contribution >= 4 is 38.5 Å². The molecule has 2 radical (unpaired) electrons. The third-order valence-corrected chi connectivity index (χ3v) is 13.5. The minimum absolute atomic E-state index is 0.444. The average Bonchev–Trinajstić information content (AvgIpc) is 2.40. The zero-order valence-electron chi connectivity index (χ0n) is 19.2. The van der Waals surface area contributed by atoms with Crippen molar-refractivity contribution in [2.45, 2.75) is 113 Å². The maximum atomic E-state index is 2.42. The normalized spacial score (nSPS) is 18.6. The maximum absolute atomic E-state index is 2.42. The van der Waals surface area contributed by atoms with Crippen molar-refractivity contribution in [1.29, 1.82) is 0 Å². The first-order valence-corrected chi connectivity index (χ1v) is 12.8. The first-order chi connectivity index (χ1) is 10.3. The van der Waals surface area contributed by atoms with Crippen LogP contribution < -0.4 is 0 Å². The minimum Gasteiger partial charge on any atom is -0.0779 e. The monoisotopic (exact) mass is 448 g/mol. The van der Waals surface area contributed by atoms with Gasteiger partial charge >= 0.3 is 84.5 Å². The minimum atomic E-state index is -0.799. The smallest absolute Gasteiger partial charge is 0.0779 e. The first-order valence-electron chi connectivity index (χ1n) is 9.40. The summed E-state index contributed by atoms with van der Waals surface area (Å²) in [5.74, 6) is 0. The molecule has 0 fully saturated rings. The van der Waals surface area contributed by atoms with Crippen molar-refractivity contribution in [2.24, 2.45) is 0 Å². The van der Waals surface area contributed by atoms with E-state index in [-0.39, 0.29) is 0 Å². The largest absolute Gasteiger partial charge is 0.279 e. The van der Waals surface area contributed by atoms with Crippen LogP contribution in [-0.2, 0) is 0 Å². The van der Waals surface area contributed by atoms with Crippen molar-refractivity contribution in [2.75, 3.05) is 0 Å². The van der Waals surface area contributed by atoms with Gasteiger partial charge in [0, 0.05) is 0 Å². The molecule has 0 amide bonds. The Morgan fingerprint density at radius 1 is 0.625 bits per heavy atom. The van der Waals surface area contributed by atoms with E-state index in [9.17, 15) is 0 Å². The molecule has 0 atom stereocenters. The van der Waals surface area contributed by atoms with Gasteiger partial charge in [-0.3, -0.25) is 0 Å². The molecule has 0 spiro atoms. The van der Waals surface area contributed by atoms with Crippen LogP contribution in [0.25, 0.3) is 0 Å². The summed E-state index contributed by atoms with van der Waals surface area (Å²) in [6, 6.07) is 0. The molecule has 0 unspecified atom stereocenters. The van der Waals surface area contributed by atoms with Crippen LogP contribution in [-0.4, -0.2) is 38.5 Å². The Hall–Kier alpha value is 0.883. The summed E-state index contributed by atoms with van der Waals surface area (Å²) in [7, 11) is 0. The standard InChI is InChI=1S/C10H15.3C4H9.Al.In/c1-6-7(2)9(4)10(5)8(6)3;3*1-4(2)3;;/h1-5H3;3*1-3H3;;. The zero-order valence-corrected chi connectivity index (χ0v) is 23.6. The molecule has 136 valence electrons. The summed E-state index contributed by atoms with van der Waals surface area (Å²) in [6.07, 6.45) is 0. The molecule has 0 aromatic rings. The van der Waals surface area contributed by atoms with Gasteiger partial charge in [0.05, 0.1) is 0 Å². The fourth-order valence-corrected chi connectivity index (χ4v) is 14.5. The number of allylic oxidation sites excluding steroid dienone is 4. The van der Waals surface area contributed by atoms with Crippen LogP contribution in [0, 0.1) is 0 Å². The van der Waals surface area contributed by atoms with Gasteiger partial charge in [0.25, 0.3) is 14.1 Å². The second-order valence-electron chi connectivity index (χ2n) is 11.2. The zero-order chi connectivity index (χ0) is 19.9. The number of rotatable bonds is 0. The van der Waals surface area contributed by atoms with Crippen molar-refractivity contribution in [3.05, 3.63) is 22.3 Å². The van der Waals surface area contributed by atoms with Crippen LogP contribution in [0.3, 0.4) is 0 Å². The van der Waals surface area contributed by atoms with Gasteiger partial charge in [0.1, 0.15) is 0 Å². The van der Waals surface area contributed by atoms with Crippen molar-refractivity contribution < 1.29 is 0 Å². The predicted octanol–water partition coefficient (Wildman–Crippen LogP) is 7.90. The Morgan fingerprint density at radius 2 is 0.833 bits per heavy atom. The topological polar surface area (TPSA) is 0 Å². The molecule has 1 aliphatic rings. The summed E-state index contributed by atoms with van der Waals surface area (Å²) in [5, 5.41) is 0. The molecule has 1 rings (SSSR count). The predicted molar refractivity (Wildman–Crippen MR) is 116 cm³/mol. The van der Waals surface area contributed by atoms with Crippen molar-refractivity contribution in [3.63, 3.8) is 0 Å². The first kappa shape index (κ1) is 24.9. The second-order valence-corrected chi connectivity index (χ2v) is 20.6. The van der Waals surface area contributed by atoms with E-state index < -0.39 is 14.1 Å². The summed E-state index contributed by atoms with van der Waals surface area (Å²) >= 11 is 0.510. The van der Waals surface area contributed by atoms with E-state index in [4.69, 9.17) is 0 Å². The fraction of sp³-hybridized carbons (Fsp3) is 0.818. The van der Waals surface area contributed by atoms with E-state index in [0.29, 0.717) is 16.0 Å². The number of hydrogen-bond acceptors (Lipinski definition) is 0. The van der Waals surface area contributed by atoms with Gasteiger partial charge in [-0.15, -0.1) is 0 Å². The van der Waals surface area contributed by atoms with Gasteiger partial charge in [-0.25, -0.2) is 0 Å². The SMILES string of the molecule is CC1=C(C)[C](C)([In])C(C)=C1C.C[C](C)(C)[Al]([C](C)(C)C)[C](C)(C)C. The van der Waals surface area contributed by atoms with Gasteiger partial charge in [-0.1, -0.05) is 75.1 Å². The summed E-state index contributed by atoms with van der Waals surface area (Å²) in [4.78, 5) is 0. The molecule has 0 aliphatic heterocycles. The van der Waals surface area contributed by atoms with Gasteiger partial charge in [-0.05, 0) is 0 Å². The molecule has 24 heavy (non-hydrogen) atoms. The van der Waals surface area contributed by atoms with Crippen LogP contribution >= 0.6 is 0 Å². The molecule has 0 heterocycles. The van der Waals surface area contributed by atoms with E-state index in [1.807, 2.05) is 0 Å². The van der Waals surface area contributed by atoms with Gasteiger partial charge < -0.3 is 0 Å². The average molecular weight is 448 g/mol. The van der Waals surface area contributed by atoms with Crippen LogP contribution in [0.2, 0.25) is 16.0 Å². The number of hydrogen-bond donors (Lipinski definition) is 0. The molecule has 0 aromatic carbocycles. The van der Waals surface area contributed by atoms with E-state index in [1.54, 1.807) is 11.1 Å². The summed E-state index contributed by atoms with van der Waals surface area (Å²) < 4.78 is 2.02. The molecule has 2 heteroatoms. The van der Waals surface area contributed by atoms with Gasteiger partial charge in [0.15, 0.2) is 0 Å². The van der Waals surface area contributed by atoms with E-state index in [2.05, 4.69) is 96.9 Å². The summed E-state index contributed by atoms with van der Waals surface area (Å²) in [6.45, 7) is 33.2. The van der Waals surface area contributed by atoms with Crippen LogP contribution in [0.1, 0.15) is 96.9 Å². The van der Waals surface area contributed by atoms with Crippen LogP contribution in [0.15, 0.2) is 22.3 Å². The molecule has 0 saturated carbocycles. The molecule has 0 nitrogen and oxygen atoms in total. The third-order valence-electron chi connectivity index (χ3n) is 5.84. The molecule has 1 aliphatic carbocycles. The van der Waals surface area contributed by atoms with E-state index in [1.165, 1.54) is 35.5 Å². The van der Waals surface area contributed by atoms with Crippen LogP contribution in [0.5, 0.6) is 0 Å². The van der Waals surface area contributed by atoms with Gasteiger partial charge in [0.2, 0.25) is 0 Å². The molecule has 0 aromatic heterocycles. The Labute approximate surface area is 172 Å². The fourth-order valence-electron chi connectivity index (χ4n) is 5.52. The third kappa shape index (κ3) is 5.96. The van der Waals surface area contributed by atoms with E-state index in [0.717, 1.165) is 0 Å². The van der Waals surface area contributed by atoms with Gasteiger partial charge in [-0.2, -0.15) is 0 Å². The second kappa shape index (κ2) is 7.86. The van der Waals surface area contributed by atoms with Crippen LogP contribution in [0.4, 0.5) is 0 Å². The molecular formula is C22H42AlIn. The maximum Gasteiger partial charge on any atom is 0.279 e. The Morgan fingerprint density at radius 3 is 0.875 bits per heavy atom. The van der Waals surface area contributed by atoms with E-state index >= 15 is 0 Å². The molecule has 0 N–H and O–H groups in total. The Kier molecular flexibility index (Phi) is 8.15. The van der Waals surface area contributed by atoms with Crippen molar-refractivity contribution in [1.82, 2.24) is 0 Å². The quantitative estimate of drug-likeness (QED) is 0.331.